The van der Waals surface area contributed by atoms with E-state index in [1.165, 1.54) is 11.8 Å². The standard InChI is InChI=1S/C15H20N4OS/c1-12(2)19(9-13-7-5-4-6-8-13)14(20)10-21-15-17-16-11-18(15)3/h4-8,11-12H,9-10H2,1-3H3. The van der Waals surface area contributed by atoms with Gasteiger partial charge in [-0.05, 0) is 19.4 Å². The van der Waals surface area contributed by atoms with Crippen LogP contribution in [0.15, 0.2) is 41.8 Å². The van der Waals surface area contributed by atoms with E-state index in [-0.39, 0.29) is 11.9 Å². The number of rotatable bonds is 6. The van der Waals surface area contributed by atoms with E-state index < -0.39 is 0 Å². The zero-order chi connectivity index (χ0) is 15.2. The summed E-state index contributed by atoms with van der Waals surface area (Å²) >= 11 is 1.42. The summed E-state index contributed by atoms with van der Waals surface area (Å²) in [5.41, 5.74) is 1.14. The van der Waals surface area contributed by atoms with Gasteiger partial charge in [0.2, 0.25) is 5.91 Å². The number of hydrogen-bond acceptors (Lipinski definition) is 4. The smallest absolute Gasteiger partial charge is 0.233 e. The molecule has 0 saturated carbocycles. The number of benzene rings is 1. The quantitative estimate of drug-likeness (QED) is 0.769. The maximum atomic E-state index is 12.4. The van der Waals surface area contributed by atoms with Crippen LogP contribution < -0.4 is 0 Å². The SMILES string of the molecule is CC(C)N(Cc1ccccc1)C(=O)CSc1nncn1C. The molecular weight excluding hydrogens is 284 g/mol. The Morgan fingerprint density at radius 3 is 2.62 bits per heavy atom. The fraction of sp³-hybridized carbons (Fsp3) is 0.400. The molecule has 0 spiro atoms. The van der Waals surface area contributed by atoms with E-state index in [1.807, 2.05) is 60.7 Å². The van der Waals surface area contributed by atoms with Crippen LogP contribution in [-0.4, -0.2) is 37.4 Å². The van der Waals surface area contributed by atoms with Crippen molar-refractivity contribution in [2.45, 2.75) is 31.6 Å². The van der Waals surface area contributed by atoms with Gasteiger partial charge in [0.15, 0.2) is 5.16 Å². The van der Waals surface area contributed by atoms with Gasteiger partial charge in [0, 0.05) is 19.6 Å². The Labute approximate surface area is 129 Å². The second-order valence-corrected chi connectivity index (χ2v) is 6.06. The van der Waals surface area contributed by atoms with Crippen molar-refractivity contribution in [3.63, 3.8) is 0 Å². The van der Waals surface area contributed by atoms with Crippen molar-refractivity contribution in [1.29, 1.82) is 0 Å². The lowest BCUT2D eigenvalue weighted by molar-refractivity contribution is -0.130. The molecule has 0 N–H and O–H groups in total. The normalized spacial score (nSPS) is 10.9. The minimum atomic E-state index is 0.113. The summed E-state index contributed by atoms with van der Waals surface area (Å²) in [6.07, 6.45) is 1.64. The Balaban J connectivity index is 1.97. The molecule has 1 aromatic carbocycles. The van der Waals surface area contributed by atoms with Gasteiger partial charge in [0.25, 0.3) is 0 Å². The monoisotopic (exact) mass is 304 g/mol. The number of nitrogens with zero attached hydrogens (tertiary/aromatic N) is 4. The Bertz CT molecular complexity index is 582. The number of aryl methyl sites for hydroxylation is 1. The van der Waals surface area contributed by atoms with E-state index in [9.17, 15) is 4.79 Å². The molecule has 0 aliphatic rings. The largest absolute Gasteiger partial charge is 0.335 e. The van der Waals surface area contributed by atoms with Crippen LogP contribution >= 0.6 is 11.8 Å². The lowest BCUT2D eigenvalue weighted by Crippen LogP contribution is -2.37. The van der Waals surface area contributed by atoms with Crippen LogP contribution in [-0.2, 0) is 18.4 Å². The first kappa shape index (κ1) is 15.6. The third-order valence-electron chi connectivity index (χ3n) is 3.13. The van der Waals surface area contributed by atoms with Gasteiger partial charge in [0.1, 0.15) is 6.33 Å². The summed E-state index contributed by atoms with van der Waals surface area (Å²) in [5, 5.41) is 8.55. The van der Waals surface area contributed by atoms with Gasteiger partial charge in [-0.15, -0.1) is 10.2 Å². The van der Waals surface area contributed by atoms with Gasteiger partial charge >= 0.3 is 0 Å². The molecule has 21 heavy (non-hydrogen) atoms. The molecule has 0 fully saturated rings. The van der Waals surface area contributed by atoms with Crippen molar-refractivity contribution in [3.8, 4) is 0 Å². The van der Waals surface area contributed by atoms with Gasteiger partial charge in [0.05, 0.1) is 5.75 Å². The highest BCUT2D eigenvalue weighted by Gasteiger charge is 2.18. The predicted octanol–water partition coefficient (Wildman–Crippen LogP) is 2.34. The Kier molecular flexibility index (Phi) is 5.38. The molecule has 1 aromatic heterocycles. The van der Waals surface area contributed by atoms with E-state index >= 15 is 0 Å². The molecule has 1 heterocycles. The second-order valence-electron chi connectivity index (χ2n) is 5.11. The van der Waals surface area contributed by atoms with E-state index in [4.69, 9.17) is 0 Å². The topological polar surface area (TPSA) is 51.0 Å². The Morgan fingerprint density at radius 2 is 2.05 bits per heavy atom. The van der Waals surface area contributed by atoms with Crippen LogP contribution in [0.25, 0.3) is 0 Å². The fourth-order valence-electron chi connectivity index (χ4n) is 1.95. The summed E-state index contributed by atoms with van der Waals surface area (Å²) in [6.45, 7) is 4.71. The molecule has 2 rings (SSSR count). The fourth-order valence-corrected chi connectivity index (χ4v) is 2.73. The average molecular weight is 304 g/mol. The molecule has 0 bridgehead atoms. The number of aromatic nitrogens is 3. The van der Waals surface area contributed by atoms with E-state index in [1.54, 1.807) is 6.33 Å². The van der Waals surface area contributed by atoms with Crippen LogP contribution in [0.1, 0.15) is 19.4 Å². The molecule has 1 amide bonds. The zero-order valence-corrected chi connectivity index (χ0v) is 13.4. The zero-order valence-electron chi connectivity index (χ0n) is 12.6. The summed E-state index contributed by atoms with van der Waals surface area (Å²) < 4.78 is 1.81. The van der Waals surface area contributed by atoms with Crippen LogP contribution in [0.4, 0.5) is 0 Å². The summed E-state index contributed by atoms with van der Waals surface area (Å²) in [7, 11) is 1.87. The second kappa shape index (κ2) is 7.26. The Morgan fingerprint density at radius 1 is 1.33 bits per heavy atom. The van der Waals surface area contributed by atoms with Crippen molar-refractivity contribution in [1.82, 2.24) is 19.7 Å². The first-order chi connectivity index (χ1) is 10.1. The molecule has 0 aliphatic carbocycles. The summed E-state index contributed by atoms with van der Waals surface area (Å²) in [5.74, 6) is 0.485. The molecule has 6 heteroatoms. The highest BCUT2D eigenvalue weighted by atomic mass is 32.2. The molecule has 112 valence electrons. The van der Waals surface area contributed by atoms with Crippen molar-refractivity contribution in [2.75, 3.05) is 5.75 Å². The van der Waals surface area contributed by atoms with Gasteiger partial charge in [-0.2, -0.15) is 0 Å². The van der Waals surface area contributed by atoms with E-state index in [0.29, 0.717) is 12.3 Å². The average Bonchev–Trinajstić information content (AvgIpc) is 2.88. The molecule has 0 radical (unpaired) electrons. The van der Waals surface area contributed by atoms with Gasteiger partial charge in [-0.1, -0.05) is 42.1 Å². The minimum absolute atomic E-state index is 0.113. The van der Waals surface area contributed by atoms with Crippen LogP contribution in [0.5, 0.6) is 0 Å². The van der Waals surface area contributed by atoms with Crippen LogP contribution in [0.3, 0.4) is 0 Å². The molecule has 0 unspecified atom stereocenters. The van der Waals surface area contributed by atoms with E-state index in [2.05, 4.69) is 10.2 Å². The highest BCUT2D eigenvalue weighted by molar-refractivity contribution is 7.99. The maximum Gasteiger partial charge on any atom is 0.233 e. The summed E-state index contributed by atoms with van der Waals surface area (Å²) in [4.78, 5) is 14.3. The number of hydrogen-bond donors (Lipinski definition) is 0. The number of thioether (sulfide) groups is 1. The van der Waals surface area contributed by atoms with Gasteiger partial charge < -0.3 is 9.47 Å². The number of carbonyl (C=O) groups is 1. The predicted molar refractivity (Wildman–Crippen MR) is 83.9 cm³/mol. The van der Waals surface area contributed by atoms with Crippen molar-refractivity contribution >= 4 is 17.7 Å². The third-order valence-corrected chi connectivity index (χ3v) is 4.15. The Hall–Kier alpha value is -1.82. The number of amides is 1. The minimum Gasteiger partial charge on any atom is -0.335 e. The number of carbonyl (C=O) groups excluding carboxylic acids is 1. The molecule has 2 aromatic rings. The summed E-state index contributed by atoms with van der Waals surface area (Å²) in [6, 6.07) is 10.2. The highest BCUT2D eigenvalue weighted by Crippen LogP contribution is 2.16. The molecule has 0 saturated heterocycles. The van der Waals surface area contributed by atoms with E-state index in [0.717, 1.165) is 10.7 Å². The lowest BCUT2D eigenvalue weighted by atomic mass is 10.2. The van der Waals surface area contributed by atoms with Gasteiger partial charge in [-0.25, -0.2) is 0 Å². The molecule has 0 aliphatic heterocycles. The molecule has 0 atom stereocenters. The van der Waals surface area contributed by atoms with Gasteiger partial charge in [-0.3, -0.25) is 4.79 Å². The van der Waals surface area contributed by atoms with Crippen molar-refractivity contribution in [2.24, 2.45) is 7.05 Å². The van der Waals surface area contributed by atoms with Crippen molar-refractivity contribution in [3.05, 3.63) is 42.2 Å². The third kappa shape index (κ3) is 4.32. The first-order valence-corrected chi connectivity index (χ1v) is 7.86. The lowest BCUT2D eigenvalue weighted by Gasteiger charge is -2.26. The van der Waals surface area contributed by atoms with Crippen LogP contribution in [0, 0.1) is 0 Å². The maximum absolute atomic E-state index is 12.4. The molecule has 5 nitrogen and oxygen atoms in total. The molecular formula is C15H20N4OS. The first-order valence-electron chi connectivity index (χ1n) is 6.88. The van der Waals surface area contributed by atoms with Crippen molar-refractivity contribution < 1.29 is 4.79 Å². The van der Waals surface area contributed by atoms with Crippen LogP contribution in [0.2, 0.25) is 0 Å².